The number of nitrogens with zero attached hydrogens (tertiary/aromatic N) is 2. The Morgan fingerprint density at radius 3 is 2.21 bits per heavy atom. The van der Waals surface area contributed by atoms with Crippen molar-refractivity contribution in [2.75, 3.05) is 0 Å². The van der Waals surface area contributed by atoms with Gasteiger partial charge in [0.05, 0.1) is 11.2 Å². The lowest BCUT2D eigenvalue weighted by Crippen LogP contribution is -2.16. The summed E-state index contributed by atoms with van der Waals surface area (Å²) in [6.45, 7) is 8.97. The Morgan fingerprint density at radius 1 is 0.714 bits per heavy atom. The number of hydrogen-bond acceptors (Lipinski definition) is 2. The molecule has 2 nitrogen and oxygen atoms in total. The van der Waals surface area contributed by atoms with E-state index in [1.54, 1.807) is 0 Å². The molecule has 1 aromatic heterocycles. The van der Waals surface area contributed by atoms with E-state index in [1.165, 1.54) is 27.8 Å². The highest BCUT2D eigenvalue weighted by molar-refractivity contribution is 5.96. The molecule has 138 valence electrons. The Kier molecular flexibility index (Phi) is 3.67. The average Bonchev–Trinajstić information content (AvgIpc) is 2.95. The SMILES string of the molecule is CC(C)c1nc(-c2cccc3c2C(C)(C)c2ccccc2-3)c2ccccc2n1. The minimum absolute atomic E-state index is 0.0629. The zero-order valence-corrected chi connectivity index (χ0v) is 16.8. The van der Waals surface area contributed by atoms with Crippen LogP contribution in [0.25, 0.3) is 33.3 Å². The fraction of sp³-hybridized carbons (Fsp3) is 0.231. The zero-order chi connectivity index (χ0) is 19.5. The van der Waals surface area contributed by atoms with Crippen LogP contribution in [0.15, 0.2) is 66.7 Å². The van der Waals surface area contributed by atoms with Gasteiger partial charge in [0.2, 0.25) is 0 Å². The van der Waals surface area contributed by atoms with Crippen LogP contribution in [0.4, 0.5) is 0 Å². The molecule has 0 radical (unpaired) electrons. The fourth-order valence-corrected chi connectivity index (χ4v) is 4.60. The van der Waals surface area contributed by atoms with Crippen molar-refractivity contribution in [1.82, 2.24) is 9.97 Å². The maximum Gasteiger partial charge on any atom is 0.132 e. The van der Waals surface area contributed by atoms with E-state index in [-0.39, 0.29) is 11.3 Å². The maximum atomic E-state index is 5.07. The monoisotopic (exact) mass is 364 g/mol. The molecule has 5 rings (SSSR count). The standard InChI is InChI=1S/C26H24N2/c1-16(2)25-27-22-15-8-6-11-19(22)24(28-25)20-13-9-12-18-17-10-5-7-14-21(17)26(3,4)23(18)20/h5-16H,1-4H3. The van der Waals surface area contributed by atoms with Crippen LogP contribution in [-0.2, 0) is 5.41 Å². The minimum atomic E-state index is -0.0629. The van der Waals surface area contributed by atoms with Crippen molar-refractivity contribution in [3.05, 3.63) is 83.7 Å². The molecule has 0 bridgehead atoms. The van der Waals surface area contributed by atoms with Gasteiger partial charge >= 0.3 is 0 Å². The maximum absolute atomic E-state index is 5.07. The van der Waals surface area contributed by atoms with E-state index in [1.807, 2.05) is 0 Å². The second kappa shape index (κ2) is 6.00. The molecule has 1 heterocycles. The molecule has 0 N–H and O–H groups in total. The van der Waals surface area contributed by atoms with Crippen molar-refractivity contribution in [3.8, 4) is 22.4 Å². The molecule has 1 aliphatic rings. The number of para-hydroxylation sites is 1. The lowest BCUT2D eigenvalue weighted by molar-refractivity contribution is 0.661. The van der Waals surface area contributed by atoms with E-state index in [9.17, 15) is 0 Å². The lowest BCUT2D eigenvalue weighted by Gasteiger charge is -2.24. The van der Waals surface area contributed by atoms with Gasteiger partial charge in [0.25, 0.3) is 0 Å². The van der Waals surface area contributed by atoms with Gasteiger partial charge in [0.1, 0.15) is 5.82 Å². The second-order valence-corrected chi connectivity index (χ2v) is 8.50. The van der Waals surface area contributed by atoms with Crippen LogP contribution in [0.2, 0.25) is 0 Å². The summed E-state index contributed by atoms with van der Waals surface area (Å²) in [4.78, 5) is 9.88. The minimum Gasteiger partial charge on any atom is -0.233 e. The van der Waals surface area contributed by atoms with E-state index in [0.29, 0.717) is 0 Å². The molecular formula is C26H24N2. The van der Waals surface area contributed by atoms with E-state index in [0.717, 1.165) is 22.4 Å². The molecule has 0 atom stereocenters. The predicted octanol–water partition coefficient (Wildman–Crippen LogP) is 6.73. The molecule has 28 heavy (non-hydrogen) atoms. The van der Waals surface area contributed by atoms with Gasteiger partial charge in [-0.2, -0.15) is 0 Å². The summed E-state index contributed by atoms with van der Waals surface area (Å²) in [7, 11) is 0. The van der Waals surface area contributed by atoms with Gasteiger partial charge in [-0.25, -0.2) is 9.97 Å². The van der Waals surface area contributed by atoms with Crippen LogP contribution in [0, 0.1) is 0 Å². The third-order valence-corrected chi connectivity index (χ3v) is 5.97. The van der Waals surface area contributed by atoms with Gasteiger partial charge in [0.15, 0.2) is 0 Å². The number of fused-ring (bicyclic) bond motifs is 4. The Balaban J connectivity index is 1.87. The number of hydrogen-bond donors (Lipinski definition) is 0. The van der Waals surface area contributed by atoms with Crippen LogP contribution in [-0.4, -0.2) is 9.97 Å². The lowest BCUT2D eigenvalue weighted by atomic mass is 9.79. The van der Waals surface area contributed by atoms with Crippen molar-refractivity contribution >= 4 is 10.9 Å². The summed E-state index contributed by atoms with van der Waals surface area (Å²) in [6.07, 6.45) is 0. The van der Waals surface area contributed by atoms with Crippen LogP contribution in [0.1, 0.15) is 50.6 Å². The summed E-state index contributed by atoms with van der Waals surface area (Å²) in [5.41, 5.74) is 8.65. The molecule has 0 fully saturated rings. The Labute approximate surface area is 166 Å². The van der Waals surface area contributed by atoms with E-state index < -0.39 is 0 Å². The first-order valence-corrected chi connectivity index (χ1v) is 9.99. The molecule has 0 spiro atoms. The first-order valence-electron chi connectivity index (χ1n) is 9.99. The largest absolute Gasteiger partial charge is 0.233 e. The molecule has 2 heteroatoms. The molecule has 4 aromatic rings. The highest BCUT2D eigenvalue weighted by Crippen LogP contribution is 2.52. The summed E-state index contributed by atoms with van der Waals surface area (Å²) >= 11 is 0. The predicted molar refractivity (Wildman–Crippen MR) is 117 cm³/mol. The molecule has 0 amide bonds. The molecule has 0 saturated heterocycles. The molecule has 1 aliphatic carbocycles. The van der Waals surface area contributed by atoms with E-state index in [4.69, 9.17) is 9.97 Å². The Hall–Kier alpha value is -3.00. The van der Waals surface area contributed by atoms with Crippen LogP contribution < -0.4 is 0 Å². The smallest absolute Gasteiger partial charge is 0.132 e. The summed E-state index contributed by atoms with van der Waals surface area (Å²) < 4.78 is 0. The van der Waals surface area contributed by atoms with E-state index in [2.05, 4.69) is 94.4 Å². The van der Waals surface area contributed by atoms with Gasteiger partial charge in [-0.15, -0.1) is 0 Å². The average molecular weight is 364 g/mol. The quantitative estimate of drug-likeness (QED) is 0.394. The van der Waals surface area contributed by atoms with E-state index >= 15 is 0 Å². The fourth-order valence-electron chi connectivity index (χ4n) is 4.60. The number of rotatable bonds is 2. The third kappa shape index (κ3) is 2.34. The van der Waals surface area contributed by atoms with Crippen molar-refractivity contribution in [2.45, 2.75) is 39.0 Å². The van der Waals surface area contributed by atoms with Gasteiger partial charge in [-0.1, -0.05) is 88.4 Å². The molecule has 0 saturated carbocycles. The van der Waals surface area contributed by atoms with Gasteiger partial charge < -0.3 is 0 Å². The number of benzene rings is 3. The van der Waals surface area contributed by atoms with Gasteiger partial charge in [-0.05, 0) is 28.3 Å². The number of aromatic nitrogens is 2. The van der Waals surface area contributed by atoms with Crippen LogP contribution in [0.5, 0.6) is 0 Å². The highest BCUT2D eigenvalue weighted by Gasteiger charge is 2.37. The van der Waals surface area contributed by atoms with Crippen LogP contribution >= 0.6 is 0 Å². The molecule has 3 aromatic carbocycles. The third-order valence-electron chi connectivity index (χ3n) is 5.97. The van der Waals surface area contributed by atoms with Crippen LogP contribution in [0.3, 0.4) is 0 Å². The second-order valence-electron chi connectivity index (χ2n) is 8.50. The van der Waals surface area contributed by atoms with Crippen molar-refractivity contribution < 1.29 is 0 Å². The summed E-state index contributed by atoms with van der Waals surface area (Å²) in [6, 6.07) is 23.8. The van der Waals surface area contributed by atoms with Crippen molar-refractivity contribution in [1.29, 1.82) is 0 Å². The molecule has 0 unspecified atom stereocenters. The van der Waals surface area contributed by atoms with Gasteiger partial charge in [-0.3, -0.25) is 0 Å². The zero-order valence-electron chi connectivity index (χ0n) is 16.8. The Bertz CT molecular complexity index is 1220. The first kappa shape index (κ1) is 17.1. The first-order chi connectivity index (χ1) is 13.5. The topological polar surface area (TPSA) is 25.8 Å². The summed E-state index contributed by atoms with van der Waals surface area (Å²) in [5, 5.41) is 1.12. The summed E-state index contributed by atoms with van der Waals surface area (Å²) in [5.74, 6) is 1.19. The Morgan fingerprint density at radius 2 is 1.39 bits per heavy atom. The normalized spacial score (nSPS) is 14.3. The molecule has 0 aliphatic heterocycles. The van der Waals surface area contributed by atoms with Crippen molar-refractivity contribution in [2.24, 2.45) is 0 Å². The highest BCUT2D eigenvalue weighted by atomic mass is 14.9. The van der Waals surface area contributed by atoms with Gasteiger partial charge in [0, 0.05) is 22.3 Å². The molecular weight excluding hydrogens is 340 g/mol. The van der Waals surface area contributed by atoms with Crippen molar-refractivity contribution in [3.63, 3.8) is 0 Å².